The molecule has 9 nitrogen and oxygen atoms in total. The summed E-state index contributed by atoms with van der Waals surface area (Å²) in [5.74, 6) is 1.14. The molecule has 2 N–H and O–H groups in total. The summed E-state index contributed by atoms with van der Waals surface area (Å²) >= 11 is 0. The lowest BCUT2D eigenvalue weighted by Crippen LogP contribution is -2.60. The van der Waals surface area contributed by atoms with E-state index in [-0.39, 0.29) is 37.2 Å². The van der Waals surface area contributed by atoms with Crippen LogP contribution < -0.4 is 9.47 Å². The average molecular weight is 451 g/mol. The molecule has 2 aliphatic rings. The number of amides is 2. The van der Waals surface area contributed by atoms with E-state index in [1.807, 2.05) is 54.0 Å². The van der Waals surface area contributed by atoms with Crippen LogP contribution in [-0.2, 0) is 4.79 Å². The predicted octanol–water partition coefficient (Wildman–Crippen LogP) is 2.97. The number of rotatable bonds is 2. The third-order valence-corrected chi connectivity index (χ3v) is 6.16. The molecule has 33 heavy (non-hydrogen) atoms. The number of nitrogens with zero attached hydrogens (tertiary/aromatic N) is 2. The highest BCUT2D eigenvalue weighted by atomic mass is 16.7. The van der Waals surface area contributed by atoms with Gasteiger partial charge < -0.3 is 29.4 Å². The van der Waals surface area contributed by atoms with Gasteiger partial charge >= 0.3 is 0 Å². The van der Waals surface area contributed by atoms with E-state index >= 15 is 0 Å². The molecule has 9 heteroatoms. The lowest BCUT2D eigenvalue weighted by molar-refractivity contribution is -0.122. The van der Waals surface area contributed by atoms with Crippen molar-refractivity contribution in [2.75, 3.05) is 19.9 Å². The van der Waals surface area contributed by atoms with Gasteiger partial charge in [0.05, 0.1) is 0 Å². The van der Waals surface area contributed by atoms with E-state index in [1.165, 1.54) is 0 Å². The van der Waals surface area contributed by atoms with Crippen LogP contribution in [0.1, 0.15) is 34.7 Å². The van der Waals surface area contributed by atoms with Crippen LogP contribution in [-0.4, -0.2) is 70.1 Å². The Balaban J connectivity index is 0.000000821. The second-order valence-corrected chi connectivity index (χ2v) is 7.92. The first kappa shape index (κ1) is 22.2. The minimum absolute atomic E-state index is 0.0410. The van der Waals surface area contributed by atoms with E-state index in [4.69, 9.17) is 19.4 Å². The van der Waals surface area contributed by atoms with Crippen LogP contribution in [0.15, 0.2) is 48.5 Å². The number of aromatic amines is 1. The Labute approximate surface area is 190 Å². The van der Waals surface area contributed by atoms with E-state index in [1.54, 1.807) is 18.2 Å². The van der Waals surface area contributed by atoms with Gasteiger partial charge in [-0.2, -0.15) is 0 Å². The normalized spacial score (nSPS) is 19.1. The Bertz CT molecular complexity index is 1160. The van der Waals surface area contributed by atoms with Crippen molar-refractivity contribution >= 4 is 29.2 Å². The number of hydrogen-bond donors (Lipinski definition) is 2. The molecule has 2 aromatic carbocycles. The number of H-pyrrole nitrogens is 1. The monoisotopic (exact) mass is 451 g/mol. The van der Waals surface area contributed by atoms with E-state index in [0.29, 0.717) is 35.8 Å². The first-order valence-corrected chi connectivity index (χ1v) is 10.6. The number of hydrogen-bond acceptors (Lipinski definition) is 5. The molecule has 3 heterocycles. The van der Waals surface area contributed by atoms with Gasteiger partial charge in [-0.15, -0.1) is 0 Å². The van der Waals surface area contributed by atoms with Crippen molar-refractivity contribution in [2.24, 2.45) is 0 Å². The first-order valence-electron chi connectivity index (χ1n) is 10.6. The van der Waals surface area contributed by atoms with Crippen LogP contribution in [0.2, 0.25) is 0 Å². The minimum Gasteiger partial charge on any atom is -0.483 e. The smallest absolute Gasteiger partial charge is 0.290 e. The maximum absolute atomic E-state index is 13.2. The Morgan fingerprint density at radius 1 is 0.970 bits per heavy atom. The van der Waals surface area contributed by atoms with Crippen molar-refractivity contribution in [3.63, 3.8) is 0 Å². The van der Waals surface area contributed by atoms with Crippen LogP contribution >= 0.6 is 0 Å². The standard InChI is InChI=1S/C23H23N3O4.CH2O2/c1-14-15(2)26(23(28)19-11-16-5-3-4-6-18(16)24-19)10-9-25(14)22(27)17-7-8-20-21(12-17)30-13-29-20;2-1-3/h3-8,11-12,14-15,24H,9-10,13H2,1-2H3;1H,(H,2,3)/t14-,15+;/m1./s1. The number of carboxylic acid groups (broad SMARTS) is 1. The molecule has 3 aromatic rings. The van der Waals surface area contributed by atoms with Gasteiger partial charge in [0, 0.05) is 41.6 Å². The fraction of sp³-hybridized carbons (Fsp3) is 0.292. The average Bonchev–Trinajstić information content (AvgIpc) is 3.47. The lowest BCUT2D eigenvalue weighted by atomic mass is 10.0. The summed E-state index contributed by atoms with van der Waals surface area (Å²) in [4.78, 5) is 41.6. The SMILES string of the molecule is C[C@@H]1[C@H](C)N(C(=O)c2cc3ccccc3[nH]2)CCN1C(=O)c1ccc2c(c1)OCO2.O=CO. The van der Waals surface area contributed by atoms with Crippen molar-refractivity contribution in [1.29, 1.82) is 0 Å². The third kappa shape index (κ3) is 4.21. The first-order chi connectivity index (χ1) is 15.9. The molecule has 0 unspecified atom stereocenters. The number of piperazine rings is 1. The fourth-order valence-electron chi connectivity index (χ4n) is 4.26. The Morgan fingerprint density at radius 2 is 1.61 bits per heavy atom. The molecule has 1 aromatic heterocycles. The number of nitrogens with one attached hydrogen (secondary N) is 1. The highest BCUT2D eigenvalue weighted by Gasteiger charge is 2.37. The maximum atomic E-state index is 13.2. The maximum Gasteiger partial charge on any atom is 0.290 e. The molecule has 0 saturated carbocycles. The Hall–Kier alpha value is -4.01. The van der Waals surface area contributed by atoms with Gasteiger partial charge in [0.1, 0.15) is 5.69 Å². The minimum atomic E-state index is -0.250. The van der Waals surface area contributed by atoms with Crippen LogP contribution in [0.5, 0.6) is 11.5 Å². The summed E-state index contributed by atoms with van der Waals surface area (Å²) in [6, 6.07) is 14.7. The topological polar surface area (TPSA) is 112 Å². The van der Waals surface area contributed by atoms with Crippen LogP contribution in [0.4, 0.5) is 0 Å². The van der Waals surface area contributed by atoms with Gasteiger partial charge in [-0.25, -0.2) is 0 Å². The second kappa shape index (κ2) is 9.23. The van der Waals surface area contributed by atoms with Gasteiger partial charge in [0.15, 0.2) is 11.5 Å². The van der Waals surface area contributed by atoms with Crippen molar-refractivity contribution in [3.05, 3.63) is 59.8 Å². The van der Waals surface area contributed by atoms with Crippen molar-refractivity contribution in [2.45, 2.75) is 25.9 Å². The molecule has 1 fully saturated rings. The summed E-state index contributed by atoms with van der Waals surface area (Å²) in [6.07, 6.45) is 0. The summed E-state index contributed by atoms with van der Waals surface area (Å²) in [5, 5.41) is 7.90. The molecule has 0 spiro atoms. The molecule has 0 bridgehead atoms. The summed E-state index contributed by atoms with van der Waals surface area (Å²) in [5.41, 5.74) is 2.08. The van der Waals surface area contributed by atoms with E-state index in [0.717, 1.165) is 10.9 Å². The van der Waals surface area contributed by atoms with Gasteiger partial charge in [-0.1, -0.05) is 18.2 Å². The molecular formula is C24H25N3O6. The zero-order valence-corrected chi connectivity index (χ0v) is 18.4. The van der Waals surface area contributed by atoms with Crippen LogP contribution in [0, 0.1) is 0 Å². The number of carbonyl (C=O) groups is 3. The molecule has 2 aliphatic heterocycles. The number of fused-ring (bicyclic) bond motifs is 2. The highest BCUT2D eigenvalue weighted by molar-refractivity contribution is 5.99. The molecule has 1 saturated heterocycles. The molecule has 2 amide bonds. The van der Waals surface area contributed by atoms with Crippen LogP contribution in [0.25, 0.3) is 10.9 Å². The summed E-state index contributed by atoms with van der Waals surface area (Å²) in [7, 11) is 0. The molecule has 2 atom stereocenters. The number of aromatic nitrogens is 1. The number of para-hydroxylation sites is 1. The molecule has 5 rings (SSSR count). The van der Waals surface area contributed by atoms with Gasteiger partial charge in [-0.05, 0) is 44.2 Å². The van der Waals surface area contributed by atoms with Crippen molar-refractivity contribution in [1.82, 2.24) is 14.8 Å². The molecule has 0 aliphatic carbocycles. The zero-order valence-electron chi connectivity index (χ0n) is 18.4. The molecule has 0 radical (unpaired) electrons. The highest BCUT2D eigenvalue weighted by Crippen LogP contribution is 2.33. The lowest BCUT2D eigenvalue weighted by Gasteiger charge is -2.44. The van der Waals surface area contributed by atoms with Crippen LogP contribution in [0.3, 0.4) is 0 Å². The number of carbonyl (C=O) groups excluding carboxylic acids is 2. The summed E-state index contributed by atoms with van der Waals surface area (Å²) < 4.78 is 10.7. The van der Waals surface area contributed by atoms with Crippen molar-refractivity contribution < 1.29 is 29.0 Å². The van der Waals surface area contributed by atoms with E-state index in [2.05, 4.69) is 4.98 Å². The Kier molecular flexibility index (Phi) is 6.21. The summed E-state index contributed by atoms with van der Waals surface area (Å²) in [6.45, 7) is 4.86. The van der Waals surface area contributed by atoms with Gasteiger partial charge in [0.2, 0.25) is 6.79 Å². The van der Waals surface area contributed by atoms with Gasteiger partial charge in [0.25, 0.3) is 18.3 Å². The van der Waals surface area contributed by atoms with Gasteiger partial charge in [-0.3, -0.25) is 14.4 Å². The predicted molar refractivity (Wildman–Crippen MR) is 121 cm³/mol. The second-order valence-electron chi connectivity index (χ2n) is 7.92. The molecule has 172 valence electrons. The Morgan fingerprint density at radius 3 is 2.30 bits per heavy atom. The van der Waals surface area contributed by atoms with E-state index < -0.39 is 0 Å². The van der Waals surface area contributed by atoms with Crippen molar-refractivity contribution in [3.8, 4) is 11.5 Å². The number of benzene rings is 2. The third-order valence-electron chi connectivity index (χ3n) is 6.16. The largest absolute Gasteiger partial charge is 0.483 e. The quantitative estimate of drug-likeness (QED) is 0.580. The number of ether oxygens (including phenoxy) is 2. The molecular weight excluding hydrogens is 426 g/mol. The van der Waals surface area contributed by atoms with E-state index in [9.17, 15) is 9.59 Å². The zero-order chi connectivity index (χ0) is 23.5. The fourth-order valence-corrected chi connectivity index (χ4v) is 4.26.